The van der Waals surface area contributed by atoms with E-state index in [2.05, 4.69) is 27.6 Å². The van der Waals surface area contributed by atoms with Gasteiger partial charge in [-0.15, -0.1) is 6.42 Å². The van der Waals surface area contributed by atoms with Crippen LogP contribution in [0.3, 0.4) is 0 Å². The van der Waals surface area contributed by atoms with Gasteiger partial charge in [0.1, 0.15) is 0 Å². The van der Waals surface area contributed by atoms with E-state index in [-0.39, 0.29) is 18.4 Å². The molecule has 3 N–H and O–H groups in total. The van der Waals surface area contributed by atoms with Crippen molar-refractivity contribution in [2.24, 2.45) is 0 Å². The number of carbonyl (C=O) groups excluding carboxylic acids is 2. The number of hydrogen-bond acceptors (Lipinski definition) is 2. The number of aromatic nitrogens is 1. The molecule has 3 rings (SSSR count). The van der Waals surface area contributed by atoms with Crippen LogP contribution in [0.4, 0.5) is 5.69 Å². The zero-order valence-corrected chi connectivity index (χ0v) is 14.9. The van der Waals surface area contributed by atoms with Crippen molar-refractivity contribution in [2.45, 2.75) is 19.3 Å². The van der Waals surface area contributed by atoms with Crippen LogP contribution in [0.15, 0.2) is 54.7 Å². The van der Waals surface area contributed by atoms with Crippen molar-refractivity contribution in [2.75, 3.05) is 11.9 Å². The highest BCUT2D eigenvalue weighted by Gasteiger charge is 2.08. The lowest BCUT2D eigenvalue weighted by Crippen LogP contribution is -2.32. The van der Waals surface area contributed by atoms with Crippen LogP contribution in [0, 0.1) is 12.3 Å². The Hall–Kier alpha value is -3.52. The van der Waals surface area contributed by atoms with Gasteiger partial charge in [-0.1, -0.05) is 30.2 Å². The number of amides is 2. The van der Waals surface area contributed by atoms with Crippen LogP contribution in [0.2, 0.25) is 0 Å². The van der Waals surface area contributed by atoms with Gasteiger partial charge in [0, 0.05) is 34.8 Å². The Morgan fingerprint density at radius 2 is 1.93 bits per heavy atom. The van der Waals surface area contributed by atoms with Gasteiger partial charge in [0.05, 0.1) is 6.54 Å². The van der Waals surface area contributed by atoms with Crippen molar-refractivity contribution >= 4 is 28.4 Å². The predicted molar refractivity (Wildman–Crippen MR) is 107 cm³/mol. The standard InChI is InChI=1S/C22H21N3O2/c1-2-16-7-5-9-18(13-16)25-22(27)15-24-21(26)12-6-8-17-14-23-20-11-4-3-10-19(17)20/h1,3-5,7,9-11,13-14,23H,6,8,12,15H2,(H,24,26)(H,25,27). The molecule has 0 aliphatic heterocycles. The molecular weight excluding hydrogens is 338 g/mol. The second-order valence-electron chi connectivity index (χ2n) is 6.26. The lowest BCUT2D eigenvalue weighted by Gasteiger charge is -2.07. The first-order chi connectivity index (χ1) is 13.2. The molecule has 5 nitrogen and oxygen atoms in total. The number of anilines is 1. The van der Waals surface area contributed by atoms with E-state index in [1.54, 1.807) is 24.3 Å². The molecule has 0 saturated heterocycles. The lowest BCUT2D eigenvalue weighted by atomic mass is 10.1. The van der Waals surface area contributed by atoms with Crippen LogP contribution >= 0.6 is 0 Å². The van der Waals surface area contributed by atoms with Crippen molar-refractivity contribution in [3.8, 4) is 12.3 Å². The minimum Gasteiger partial charge on any atom is -0.361 e. The molecule has 0 fully saturated rings. The highest BCUT2D eigenvalue weighted by molar-refractivity contribution is 5.94. The van der Waals surface area contributed by atoms with Gasteiger partial charge in [0.25, 0.3) is 0 Å². The summed E-state index contributed by atoms with van der Waals surface area (Å²) in [5.41, 5.74) is 3.60. The number of terminal acetylenes is 1. The predicted octanol–water partition coefficient (Wildman–Crippen LogP) is 3.23. The number of hydrogen-bond donors (Lipinski definition) is 3. The number of benzene rings is 2. The molecule has 0 spiro atoms. The van der Waals surface area contributed by atoms with E-state index in [9.17, 15) is 9.59 Å². The molecule has 2 aromatic carbocycles. The zero-order valence-electron chi connectivity index (χ0n) is 14.9. The Kier molecular flexibility index (Phi) is 5.91. The Bertz CT molecular complexity index is 998. The average Bonchev–Trinajstić information content (AvgIpc) is 3.10. The maximum Gasteiger partial charge on any atom is 0.243 e. The summed E-state index contributed by atoms with van der Waals surface area (Å²) in [6, 6.07) is 15.1. The highest BCUT2D eigenvalue weighted by Crippen LogP contribution is 2.19. The molecule has 0 saturated carbocycles. The lowest BCUT2D eigenvalue weighted by molar-refractivity contribution is -0.124. The Labute approximate surface area is 158 Å². The van der Waals surface area contributed by atoms with Crippen LogP contribution in [0.5, 0.6) is 0 Å². The van der Waals surface area contributed by atoms with E-state index in [0.717, 1.165) is 18.4 Å². The van der Waals surface area contributed by atoms with E-state index < -0.39 is 0 Å². The summed E-state index contributed by atoms with van der Waals surface area (Å²) in [7, 11) is 0. The first-order valence-corrected chi connectivity index (χ1v) is 8.84. The molecule has 1 aromatic heterocycles. The Morgan fingerprint density at radius 1 is 1.07 bits per heavy atom. The van der Waals surface area contributed by atoms with Gasteiger partial charge < -0.3 is 15.6 Å². The molecule has 136 valence electrons. The average molecular weight is 359 g/mol. The largest absolute Gasteiger partial charge is 0.361 e. The Balaban J connectivity index is 1.40. The molecule has 2 amide bonds. The minimum absolute atomic E-state index is 0.0633. The minimum atomic E-state index is -0.283. The smallest absolute Gasteiger partial charge is 0.243 e. The summed E-state index contributed by atoms with van der Waals surface area (Å²) in [6.07, 6.45) is 9.23. The zero-order chi connectivity index (χ0) is 19.1. The van der Waals surface area contributed by atoms with Crippen LogP contribution in [0.1, 0.15) is 24.0 Å². The number of aryl methyl sites for hydroxylation is 1. The number of H-pyrrole nitrogens is 1. The van der Waals surface area contributed by atoms with Gasteiger partial charge in [-0.25, -0.2) is 0 Å². The molecule has 0 aliphatic rings. The molecule has 1 heterocycles. The van der Waals surface area contributed by atoms with Gasteiger partial charge in [0.15, 0.2) is 0 Å². The SMILES string of the molecule is C#Cc1cccc(NC(=O)CNC(=O)CCCc2c[nH]c3ccccc23)c1. The van der Waals surface area contributed by atoms with Crippen LogP contribution in [0.25, 0.3) is 10.9 Å². The summed E-state index contributed by atoms with van der Waals surface area (Å²) in [5, 5.41) is 6.55. The molecule has 5 heteroatoms. The van der Waals surface area contributed by atoms with Gasteiger partial charge >= 0.3 is 0 Å². The molecule has 0 radical (unpaired) electrons. The molecule has 0 unspecified atom stereocenters. The molecule has 0 bridgehead atoms. The number of fused-ring (bicyclic) bond motifs is 1. The van der Waals surface area contributed by atoms with Crippen molar-refractivity contribution < 1.29 is 9.59 Å². The Morgan fingerprint density at radius 3 is 2.78 bits per heavy atom. The normalized spacial score (nSPS) is 10.3. The summed E-state index contributed by atoms with van der Waals surface area (Å²) in [4.78, 5) is 27.1. The van der Waals surface area contributed by atoms with E-state index in [4.69, 9.17) is 6.42 Å². The first kappa shape index (κ1) is 18.3. The quantitative estimate of drug-likeness (QED) is 0.567. The van der Waals surface area contributed by atoms with E-state index >= 15 is 0 Å². The number of aromatic amines is 1. The van der Waals surface area contributed by atoms with Crippen LogP contribution in [-0.2, 0) is 16.0 Å². The number of carbonyl (C=O) groups is 2. The third-order valence-electron chi connectivity index (χ3n) is 4.28. The molecule has 0 aliphatic carbocycles. The van der Waals surface area contributed by atoms with Gasteiger partial charge in [-0.05, 0) is 42.7 Å². The number of rotatable bonds is 7. The van der Waals surface area contributed by atoms with Crippen molar-refractivity contribution in [3.63, 3.8) is 0 Å². The maximum absolute atomic E-state index is 12.0. The molecule has 27 heavy (non-hydrogen) atoms. The monoisotopic (exact) mass is 359 g/mol. The van der Waals surface area contributed by atoms with Gasteiger partial charge in [-0.2, -0.15) is 0 Å². The van der Waals surface area contributed by atoms with E-state index in [0.29, 0.717) is 17.7 Å². The number of para-hydroxylation sites is 1. The third-order valence-corrected chi connectivity index (χ3v) is 4.28. The number of nitrogens with one attached hydrogen (secondary N) is 3. The third kappa shape index (κ3) is 4.99. The second-order valence-corrected chi connectivity index (χ2v) is 6.26. The molecular formula is C22H21N3O2. The maximum atomic E-state index is 12.0. The fraction of sp³-hybridized carbons (Fsp3) is 0.182. The summed E-state index contributed by atoms with van der Waals surface area (Å²) in [6.45, 7) is -0.0633. The van der Waals surface area contributed by atoms with E-state index in [1.807, 2.05) is 24.4 Å². The fourth-order valence-corrected chi connectivity index (χ4v) is 2.94. The fourth-order valence-electron chi connectivity index (χ4n) is 2.94. The van der Waals surface area contributed by atoms with Crippen LogP contribution in [-0.4, -0.2) is 23.3 Å². The van der Waals surface area contributed by atoms with Crippen molar-refractivity contribution in [1.82, 2.24) is 10.3 Å². The second kappa shape index (κ2) is 8.72. The molecule has 0 atom stereocenters. The topological polar surface area (TPSA) is 74.0 Å². The van der Waals surface area contributed by atoms with Crippen LogP contribution < -0.4 is 10.6 Å². The summed E-state index contributed by atoms with van der Waals surface area (Å²) < 4.78 is 0. The van der Waals surface area contributed by atoms with Crippen molar-refractivity contribution in [3.05, 3.63) is 65.9 Å². The summed E-state index contributed by atoms with van der Waals surface area (Å²) in [5.74, 6) is 2.09. The van der Waals surface area contributed by atoms with Crippen molar-refractivity contribution in [1.29, 1.82) is 0 Å². The van der Waals surface area contributed by atoms with E-state index in [1.165, 1.54) is 10.9 Å². The first-order valence-electron chi connectivity index (χ1n) is 8.84. The summed E-state index contributed by atoms with van der Waals surface area (Å²) >= 11 is 0. The highest BCUT2D eigenvalue weighted by atomic mass is 16.2. The van der Waals surface area contributed by atoms with Gasteiger partial charge in [0.2, 0.25) is 11.8 Å². The van der Waals surface area contributed by atoms with Gasteiger partial charge in [-0.3, -0.25) is 9.59 Å². The molecule has 3 aromatic rings.